The van der Waals surface area contributed by atoms with Crippen molar-refractivity contribution >= 4 is 34.7 Å². The second-order valence-corrected chi connectivity index (χ2v) is 7.61. The van der Waals surface area contributed by atoms with Crippen LogP contribution in [0.15, 0.2) is 30.3 Å². The van der Waals surface area contributed by atoms with Crippen LogP contribution in [0.3, 0.4) is 0 Å². The second-order valence-electron chi connectivity index (χ2n) is 6.17. The maximum atomic E-state index is 12.0. The highest BCUT2D eigenvalue weighted by molar-refractivity contribution is 14.1. The van der Waals surface area contributed by atoms with Crippen LogP contribution in [0.25, 0.3) is 0 Å². The molecule has 3 aliphatic rings. The monoisotopic (exact) mass is 413 g/mol. The molecule has 0 radical (unpaired) electrons. The Balaban J connectivity index is 1.39. The molecule has 2 bridgehead atoms. The Hall–Kier alpha value is -1.31. The summed E-state index contributed by atoms with van der Waals surface area (Å²) in [5.41, 5.74) is 0.942. The highest BCUT2D eigenvalue weighted by atomic mass is 127. The molecule has 6 atom stereocenters. The number of esters is 1. The number of fused-ring (bicyclic) bond motifs is 1. The lowest BCUT2D eigenvalue weighted by molar-refractivity contribution is -0.143. The summed E-state index contributed by atoms with van der Waals surface area (Å²) in [6.07, 6.45) is 0.543. The number of halogens is 1. The lowest BCUT2D eigenvalue weighted by Crippen LogP contribution is -2.48. The van der Waals surface area contributed by atoms with Gasteiger partial charge in [-0.3, -0.25) is 4.79 Å². The number of benzene rings is 1. The van der Waals surface area contributed by atoms with Gasteiger partial charge < -0.3 is 14.8 Å². The van der Waals surface area contributed by atoms with Gasteiger partial charge in [0.05, 0.1) is 9.84 Å². The molecule has 22 heavy (non-hydrogen) atoms. The summed E-state index contributed by atoms with van der Waals surface area (Å²) in [6.45, 7) is 0.235. The van der Waals surface area contributed by atoms with Crippen LogP contribution in [-0.2, 0) is 20.9 Å². The molecule has 1 aliphatic heterocycles. The van der Waals surface area contributed by atoms with E-state index in [1.807, 2.05) is 30.3 Å². The summed E-state index contributed by atoms with van der Waals surface area (Å²) in [6, 6.07) is 9.39. The third kappa shape index (κ3) is 2.19. The van der Waals surface area contributed by atoms with Gasteiger partial charge in [-0.25, -0.2) is 4.79 Å². The number of rotatable bonds is 3. The number of hydrogen-bond donors (Lipinski definition) is 1. The van der Waals surface area contributed by atoms with Gasteiger partial charge in [-0.2, -0.15) is 0 Å². The van der Waals surface area contributed by atoms with Gasteiger partial charge in [-0.15, -0.1) is 0 Å². The molecule has 0 unspecified atom stereocenters. The Morgan fingerprint density at radius 3 is 2.86 bits per heavy atom. The van der Waals surface area contributed by atoms with Gasteiger partial charge >= 0.3 is 12.1 Å². The minimum Gasteiger partial charge on any atom is -0.461 e. The molecule has 116 valence electrons. The van der Waals surface area contributed by atoms with Crippen LogP contribution in [0.4, 0.5) is 4.79 Å². The number of alkyl carbamates (subject to hydrolysis) is 1. The summed E-state index contributed by atoms with van der Waals surface area (Å²) in [7, 11) is 0. The molecule has 2 aliphatic carbocycles. The van der Waals surface area contributed by atoms with Crippen LogP contribution in [0.5, 0.6) is 0 Å². The van der Waals surface area contributed by atoms with E-state index in [4.69, 9.17) is 9.47 Å². The Morgan fingerprint density at radius 1 is 1.32 bits per heavy atom. The molecule has 3 fully saturated rings. The molecule has 4 rings (SSSR count). The maximum Gasteiger partial charge on any atom is 0.407 e. The van der Waals surface area contributed by atoms with Crippen LogP contribution >= 0.6 is 22.6 Å². The first-order valence-corrected chi connectivity index (χ1v) is 8.71. The standard InChI is InChI=1S/C16H16INO4/c17-12-10-6-9-11(15(19)22-14(9)12)13(10)18-16(20)21-7-8-4-2-1-3-5-8/h1-5,9-14H,6-7H2,(H,18,20)/t9-,10-,11+,12-,13-,14+/m1/s1. The SMILES string of the molecule is O=C(N[C@@H]1[C@@H]2C[C@H]3[C@H](OC(=O)[C@@H]31)[C@@H]2I)OCc1ccccc1. The van der Waals surface area contributed by atoms with Gasteiger partial charge in [0.2, 0.25) is 0 Å². The van der Waals surface area contributed by atoms with E-state index < -0.39 is 6.09 Å². The number of carbonyl (C=O) groups excluding carboxylic acids is 2. The van der Waals surface area contributed by atoms with Crippen molar-refractivity contribution in [2.75, 3.05) is 0 Å². The van der Waals surface area contributed by atoms with Crippen LogP contribution in [-0.4, -0.2) is 28.1 Å². The molecule has 0 aromatic heterocycles. The van der Waals surface area contributed by atoms with Crippen molar-refractivity contribution in [3.8, 4) is 0 Å². The number of nitrogens with one attached hydrogen (secondary N) is 1. The van der Waals surface area contributed by atoms with E-state index in [9.17, 15) is 9.59 Å². The van der Waals surface area contributed by atoms with Crippen molar-refractivity contribution in [1.29, 1.82) is 0 Å². The molecular weight excluding hydrogens is 397 g/mol. The Kier molecular flexibility index (Phi) is 3.51. The van der Waals surface area contributed by atoms with Crippen LogP contribution in [0.2, 0.25) is 0 Å². The molecule has 1 aromatic rings. The van der Waals surface area contributed by atoms with Gasteiger partial charge in [0.15, 0.2) is 0 Å². The van der Waals surface area contributed by atoms with Crippen molar-refractivity contribution in [3.05, 3.63) is 35.9 Å². The zero-order valence-corrected chi connectivity index (χ0v) is 13.9. The largest absolute Gasteiger partial charge is 0.461 e. The molecule has 1 N–H and O–H groups in total. The summed E-state index contributed by atoms with van der Waals surface area (Å²) >= 11 is 2.35. The highest BCUT2D eigenvalue weighted by Crippen LogP contribution is 2.56. The van der Waals surface area contributed by atoms with Gasteiger partial charge in [0.1, 0.15) is 12.7 Å². The van der Waals surface area contributed by atoms with E-state index in [1.165, 1.54) is 0 Å². The minimum atomic E-state index is -0.457. The van der Waals surface area contributed by atoms with E-state index in [0.717, 1.165) is 12.0 Å². The molecular formula is C16H16INO4. The molecule has 1 saturated heterocycles. The first-order chi connectivity index (χ1) is 10.6. The lowest BCUT2D eigenvalue weighted by Gasteiger charge is -2.28. The van der Waals surface area contributed by atoms with Gasteiger partial charge in [-0.1, -0.05) is 52.9 Å². The van der Waals surface area contributed by atoms with Crippen molar-refractivity contribution in [1.82, 2.24) is 5.32 Å². The van der Waals surface area contributed by atoms with E-state index >= 15 is 0 Å². The minimum absolute atomic E-state index is 0.0430. The third-order valence-corrected chi connectivity index (χ3v) is 6.65. The number of alkyl halides is 1. The summed E-state index contributed by atoms with van der Waals surface area (Å²) in [5.74, 6) is 0.213. The molecule has 1 heterocycles. The average Bonchev–Trinajstić information content (AvgIpc) is 3.11. The third-order valence-electron chi connectivity index (χ3n) is 5.02. The van der Waals surface area contributed by atoms with Gasteiger partial charge in [-0.05, 0) is 17.9 Å². The Morgan fingerprint density at radius 2 is 2.09 bits per heavy atom. The molecule has 0 spiro atoms. The van der Waals surface area contributed by atoms with Gasteiger partial charge in [0, 0.05) is 12.0 Å². The van der Waals surface area contributed by atoms with Crippen molar-refractivity contribution in [3.63, 3.8) is 0 Å². The first-order valence-electron chi connectivity index (χ1n) is 7.47. The van der Waals surface area contributed by atoms with E-state index in [1.54, 1.807) is 0 Å². The second kappa shape index (κ2) is 5.40. The number of ether oxygens (including phenoxy) is 2. The van der Waals surface area contributed by atoms with Crippen LogP contribution < -0.4 is 5.32 Å². The Labute approximate surface area is 141 Å². The van der Waals surface area contributed by atoms with Crippen molar-refractivity contribution in [2.45, 2.75) is 29.1 Å². The van der Waals surface area contributed by atoms with Crippen molar-refractivity contribution < 1.29 is 19.1 Å². The maximum absolute atomic E-state index is 12.0. The zero-order chi connectivity index (χ0) is 15.3. The molecule has 1 amide bonds. The summed E-state index contributed by atoms with van der Waals surface area (Å²) < 4.78 is 11.0. The lowest BCUT2D eigenvalue weighted by atomic mass is 9.85. The molecule has 6 heteroatoms. The number of carbonyl (C=O) groups is 2. The normalized spacial score (nSPS) is 38.0. The molecule has 5 nitrogen and oxygen atoms in total. The highest BCUT2D eigenvalue weighted by Gasteiger charge is 2.66. The number of amides is 1. The Bertz CT molecular complexity index is 607. The number of hydrogen-bond acceptors (Lipinski definition) is 4. The van der Waals surface area contributed by atoms with E-state index in [-0.39, 0.29) is 40.5 Å². The summed E-state index contributed by atoms with van der Waals surface area (Å²) in [4.78, 5) is 24.0. The predicted molar refractivity (Wildman–Crippen MR) is 86.3 cm³/mol. The quantitative estimate of drug-likeness (QED) is 0.469. The fourth-order valence-electron chi connectivity index (χ4n) is 4.07. The zero-order valence-electron chi connectivity index (χ0n) is 11.8. The summed E-state index contributed by atoms with van der Waals surface area (Å²) in [5, 5.41) is 2.90. The van der Waals surface area contributed by atoms with Gasteiger partial charge in [0.25, 0.3) is 0 Å². The fourth-order valence-corrected chi connectivity index (χ4v) is 5.49. The fraction of sp³-hybridized carbons (Fsp3) is 0.500. The molecule has 2 saturated carbocycles. The van der Waals surface area contributed by atoms with Crippen LogP contribution in [0.1, 0.15) is 12.0 Å². The smallest absolute Gasteiger partial charge is 0.407 e. The van der Waals surface area contributed by atoms with E-state index in [2.05, 4.69) is 27.9 Å². The van der Waals surface area contributed by atoms with Crippen molar-refractivity contribution in [2.24, 2.45) is 17.8 Å². The average molecular weight is 413 g/mol. The molecule has 1 aromatic carbocycles. The van der Waals surface area contributed by atoms with Crippen LogP contribution in [0, 0.1) is 17.8 Å². The topological polar surface area (TPSA) is 64.6 Å². The first kappa shape index (κ1) is 14.3. The van der Waals surface area contributed by atoms with E-state index in [0.29, 0.717) is 5.92 Å². The predicted octanol–water partition coefficient (Wildman–Crippen LogP) is 2.28.